The molecule has 0 amide bonds. The van der Waals surface area contributed by atoms with Crippen LogP contribution in [0.1, 0.15) is 72.2 Å². The summed E-state index contributed by atoms with van der Waals surface area (Å²) >= 11 is 0. The number of nitrogens with zero attached hydrogens (tertiary/aromatic N) is 2. The predicted octanol–water partition coefficient (Wildman–Crippen LogP) is 16.0. The Balaban J connectivity index is 0.971. The molecule has 0 unspecified atom stereocenters. The molecule has 0 aromatic heterocycles. The van der Waals surface area contributed by atoms with Crippen LogP contribution in [-0.4, -0.2) is 0 Å². The van der Waals surface area contributed by atoms with Gasteiger partial charge in [-0.15, -0.1) is 0 Å². The predicted molar refractivity (Wildman–Crippen MR) is 256 cm³/mol. The number of aryl methyl sites for hydroxylation is 2. The lowest BCUT2D eigenvalue weighted by Gasteiger charge is -2.30. The number of para-hydroxylation sites is 2. The van der Waals surface area contributed by atoms with Crippen LogP contribution in [0.3, 0.4) is 0 Å². The van der Waals surface area contributed by atoms with Crippen molar-refractivity contribution < 1.29 is 0 Å². The van der Waals surface area contributed by atoms with Crippen molar-refractivity contribution >= 4 is 46.3 Å². The first-order valence-electron chi connectivity index (χ1n) is 21.2. The van der Waals surface area contributed by atoms with Crippen LogP contribution in [0.2, 0.25) is 0 Å². The maximum atomic E-state index is 2.47. The molecule has 0 saturated heterocycles. The first kappa shape index (κ1) is 37.4. The van der Waals surface area contributed by atoms with E-state index < -0.39 is 0 Å². The number of anilines is 6. The molecule has 60 heavy (non-hydrogen) atoms. The number of hydrogen-bond acceptors (Lipinski definition) is 2. The standard InChI is InChI=1S/C58H50N2/c1-39-33-40(2)35-48(34-39)60(46-28-31-51-49-19-13-14-20-53(49)57(3,4)55(51)37-46)47-29-32-52-50-30-25-42(36-54(50)58(5,6)56(52)38-47)22-21-41-23-26-45(27-24-41)59(43-15-9-7-10-16-43)44-17-11-8-12-18-44/h7-38H,1-6H3. The van der Waals surface area contributed by atoms with Crippen molar-refractivity contribution in [3.8, 4) is 22.3 Å². The Labute approximate surface area is 355 Å². The number of rotatable bonds is 8. The Bertz CT molecular complexity index is 2870. The van der Waals surface area contributed by atoms with Gasteiger partial charge in [0.1, 0.15) is 0 Å². The van der Waals surface area contributed by atoms with Crippen LogP contribution in [0.4, 0.5) is 34.1 Å². The second-order valence-electron chi connectivity index (χ2n) is 17.7. The molecule has 0 spiro atoms. The van der Waals surface area contributed by atoms with Gasteiger partial charge in [-0.1, -0.05) is 149 Å². The normalized spacial score (nSPS) is 14.0. The molecule has 0 heterocycles. The van der Waals surface area contributed by atoms with Crippen LogP contribution in [0, 0.1) is 13.8 Å². The number of fused-ring (bicyclic) bond motifs is 6. The van der Waals surface area contributed by atoms with E-state index >= 15 is 0 Å². The first-order chi connectivity index (χ1) is 29.1. The Hall–Kier alpha value is -6.90. The summed E-state index contributed by atoms with van der Waals surface area (Å²) in [5.41, 5.74) is 22.4. The minimum atomic E-state index is -0.180. The van der Waals surface area contributed by atoms with Crippen molar-refractivity contribution in [1.29, 1.82) is 0 Å². The van der Waals surface area contributed by atoms with E-state index in [1.54, 1.807) is 0 Å². The Morgan fingerprint density at radius 1 is 0.317 bits per heavy atom. The molecule has 292 valence electrons. The average molecular weight is 775 g/mol. The van der Waals surface area contributed by atoms with Crippen molar-refractivity contribution in [3.05, 3.63) is 226 Å². The molecule has 8 aromatic rings. The summed E-state index contributed by atoms with van der Waals surface area (Å²) in [7, 11) is 0. The zero-order chi connectivity index (χ0) is 41.2. The van der Waals surface area contributed by atoms with Crippen LogP contribution < -0.4 is 9.80 Å². The molecule has 0 fully saturated rings. The van der Waals surface area contributed by atoms with Gasteiger partial charge in [-0.2, -0.15) is 0 Å². The molecular weight excluding hydrogens is 725 g/mol. The molecule has 0 saturated carbocycles. The van der Waals surface area contributed by atoms with Crippen molar-refractivity contribution in [1.82, 2.24) is 0 Å². The van der Waals surface area contributed by atoms with E-state index in [1.807, 2.05) is 0 Å². The van der Waals surface area contributed by atoms with E-state index in [0.717, 1.165) is 22.6 Å². The highest BCUT2D eigenvalue weighted by molar-refractivity contribution is 5.89. The van der Waals surface area contributed by atoms with Crippen LogP contribution in [0.25, 0.3) is 34.4 Å². The second-order valence-corrected chi connectivity index (χ2v) is 17.7. The average Bonchev–Trinajstić information content (AvgIpc) is 3.62. The number of hydrogen-bond donors (Lipinski definition) is 0. The van der Waals surface area contributed by atoms with Gasteiger partial charge in [0.2, 0.25) is 0 Å². The third-order valence-electron chi connectivity index (χ3n) is 12.9. The van der Waals surface area contributed by atoms with Gasteiger partial charge in [0.25, 0.3) is 0 Å². The highest BCUT2D eigenvalue weighted by atomic mass is 15.1. The molecule has 2 aliphatic carbocycles. The monoisotopic (exact) mass is 774 g/mol. The van der Waals surface area contributed by atoms with Crippen molar-refractivity contribution in [2.45, 2.75) is 52.4 Å². The van der Waals surface area contributed by atoms with E-state index in [9.17, 15) is 0 Å². The largest absolute Gasteiger partial charge is 0.311 e. The SMILES string of the molecule is Cc1cc(C)cc(N(c2ccc3c(c2)C(C)(C)c2ccccc2-3)c2ccc3c(c2)C(C)(C)c2cc(C=Cc4ccc(N(c5ccccc5)c5ccccc5)cc4)ccc2-3)c1. The maximum absolute atomic E-state index is 2.47. The zero-order valence-electron chi connectivity index (χ0n) is 35.4. The van der Waals surface area contributed by atoms with E-state index in [-0.39, 0.29) is 10.8 Å². The van der Waals surface area contributed by atoms with Crippen LogP contribution in [0.5, 0.6) is 0 Å². The van der Waals surface area contributed by atoms with Gasteiger partial charge in [-0.3, -0.25) is 0 Å². The molecule has 0 atom stereocenters. The van der Waals surface area contributed by atoms with E-state index in [2.05, 4.69) is 245 Å². The fourth-order valence-corrected chi connectivity index (χ4v) is 9.87. The smallest absolute Gasteiger partial charge is 0.0466 e. The van der Waals surface area contributed by atoms with Crippen molar-refractivity contribution in [2.75, 3.05) is 9.80 Å². The molecule has 0 bridgehead atoms. The molecular formula is C58H50N2. The van der Waals surface area contributed by atoms with E-state index in [0.29, 0.717) is 0 Å². The van der Waals surface area contributed by atoms with Crippen LogP contribution >= 0.6 is 0 Å². The molecule has 2 aliphatic rings. The fourth-order valence-electron chi connectivity index (χ4n) is 9.87. The summed E-state index contributed by atoms with van der Waals surface area (Å²) in [4.78, 5) is 4.77. The quantitative estimate of drug-likeness (QED) is 0.142. The van der Waals surface area contributed by atoms with Gasteiger partial charge in [-0.05, 0) is 153 Å². The molecule has 0 radical (unpaired) electrons. The molecule has 0 N–H and O–H groups in total. The zero-order valence-corrected chi connectivity index (χ0v) is 35.4. The van der Waals surface area contributed by atoms with Gasteiger partial charge in [0.15, 0.2) is 0 Å². The van der Waals surface area contributed by atoms with Crippen molar-refractivity contribution in [3.63, 3.8) is 0 Å². The summed E-state index contributed by atoms with van der Waals surface area (Å²) in [6, 6.07) is 67.0. The van der Waals surface area contributed by atoms with Gasteiger partial charge in [-0.25, -0.2) is 0 Å². The van der Waals surface area contributed by atoms with Gasteiger partial charge in [0, 0.05) is 45.0 Å². The second kappa shape index (κ2) is 14.4. The van der Waals surface area contributed by atoms with Gasteiger partial charge in [0.05, 0.1) is 0 Å². The molecule has 10 rings (SSSR count). The molecule has 8 aromatic carbocycles. The summed E-state index contributed by atoms with van der Waals surface area (Å²) < 4.78 is 0. The highest BCUT2D eigenvalue weighted by Gasteiger charge is 2.38. The number of benzene rings is 8. The van der Waals surface area contributed by atoms with Gasteiger partial charge < -0.3 is 9.80 Å². The van der Waals surface area contributed by atoms with E-state index in [4.69, 9.17) is 0 Å². The van der Waals surface area contributed by atoms with E-state index in [1.165, 1.54) is 78.3 Å². The topological polar surface area (TPSA) is 6.48 Å². The molecule has 0 aliphatic heterocycles. The van der Waals surface area contributed by atoms with Crippen molar-refractivity contribution in [2.24, 2.45) is 0 Å². The lowest BCUT2D eigenvalue weighted by atomic mass is 9.81. The van der Waals surface area contributed by atoms with Crippen LogP contribution in [-0.2, 0) is 10.8 Å². The highest BCUT2D eigenvalue weighted by Crippen LogP contribution is 2.53. The Kier molecular flexibility index (Phi) is 8.99. The maximum Gasteiger partial charge on any atom is 0.0466 e. The summed E-state index contributed by atoms with van der Waals surface area (Å²) in [6.07, 6.45) is 4.48. The van der Waals surface area contributed by atoms with Crippen LogP contribution in [0.15, 0.2) is 182 Å². The van der Waals surface area contributed by atoms with Gasteiger partial charge >= 0.3 is 0 Å². The minimum Gasteiger partial charge on any atom is -0.311 e. The summed E-state index contributed by atoms with van der Waals surface area (Å²) in [6.45, 7) is 13.9. The summed E-state index contributed by atoms with van der Waals surface area (Å²) in [5, 5.41) is 0. The Morgan fingerprint density at radius 3 is 1.30 bits per heavy atom. The molecule has 2 nitrogen and oxygen atoms in total. The molecule has 2 heteroatoms. The first-order valence-corrected chi connectivity index (χ1v) is 21.2. The fraction of sp³-hybridized carbons (Fsp3) is 0.138. The minimum absolute atomic E-state index is 0.0841. The third-order valence-corrected chi connectivity index (χ3v) is 12.9. The summed E-state index contributed by atoms with van der Waals surface area (Å²) in [5.74, 6) is 0. The Morgan fingerprint density at radius 2 is 0.717 bits per heavy atom. The lowest BCUT2D eigenvalue weighted by molar-refractivity contribution is 0.660. The lowest BCUT2D eigenvalue weighted by Crippen LogP contribution is -2.18. The third kappa shape index (κ3) is 6.35.